The lowest BCUT2D eigenvalue weighted by Crippen LogP contribution is -1.98. The van der Waals surface area contributed by atoms with E-state index >= 15 is 0 Å². The monoisotopic (exact) mass is 232 g/mol. The summed E-state index contributed by atoms with van der Waals surface area (Å²) in [6.07, 6.45) is 0. The summed E-state index contributed by atoms with van der Waals surface area (Å²) >= 11 is 0. The van der Waals surface area contributed by atoms with Gasteiger partial charge in [-0.25, -0.2) is 9.45 Å². The third-order valence-electron chi connectivity index (χ3n) is 1.48. The van der Waals surface area contributed by atoms with E-state index in [1.54, 1.807) is 25.1 Å². The molecule has 0 heterocycles. The van der Waals surface area contributed by atoms with Gasteiger partial charge in [0.15, 0.2) is 0 Å². The SMILES string of the molecule is CCOOP(=O)(O)Oc1cccc(C)c1. The Hall–Kier alpha value is -0.870. The molecule has 5 nitrogen and oxygen atoms in total. The van der Waals surface area contributed by atoms with Crippen molar-refractivity contribution in [2.45, 2.75) is 13.8 Å². The molecule has 1 aromatic carbocycles. The number of phosphoric acid groups is 1. The molecule has 0 fully saturated rings. The summed E-state index contributed by atoms with van der Waals surface area (Å²) in [6, 6.07) is 6.74. The molecule has 0 bridgehead atoms. The average Bonchev–Trinajstić information content (AvgIpc) is 2.14. The molecular weight excluding hydrogens is 219 g/mol. The van der Waals surface area contributed by atoms with E-state index in [0.29, 0.717) is 0 Å². The van der Waals surface area contributed by atoms with Crippen molar-refractivity contribution in [1.82, 2.24) is 0 Å². The molecule has 1 unspecified atom stereocenters. The van der Waals surface area contributed by atoms with Crippen molar-refractivity contribution in [3.8, 4) is 5.75 Å². The Balaban J connectivity index is 2.64. The summed E-state index contributed by atoms with van der Waals surface area (Å²) in [7, 11) is -4.17. The lowest BCUT2D eigenvalue weighted by molar-refractivity contribution is -0.216. The van der Waals surface area contributed by atoms with E-state index in [1.807, 2.05) is 13.0 Å². The van der Waals surface area contributed by atoms with Gasteiger partial charge in [0.1, 0.15) is 5.75 Å². The molecule has 0 spiro atoms. The zero-order valence-electron chi connectivity index (χ0n) is 8.54. The second-order valence-corrected chi connectivity index (χ2v) is 4.13. The van der Waals surface area contributed by atoms with Gasteiger partial charge in [-0.05, 0) is 31.5 Å². The summed E-state index contributed by atoms with van der Waals surface area (Å²) in [5.41, 5.74) is 0.920. The first-order valence-corrected chi connectivity index (χ1v) is 5.93. The second-order valence-electron chi connectivity index (χ2n) is 2.86. The van der Waals surface area contributed by atoms with Crippen LogP contribution in [-0.4, -0.2) is 11.5 Å². The Bertz CT molecular complexity index is 365. The van der Waals surface area contributed by atoms with Gasteiger partial charge in [0, 0.05) is 0 Å². The number of rotatable bonds is 5. The fraction of sp³-hybridized carbons (Fsp3) is 0.333. The van der Waals surface area contributed by atoms with Gasteiger partial charge in [0.25, 0.3) is 0 Å². The normalized spacial score (nSPS) is 14.6. The lowest BCUT2D eigenvalue weighted by atomic mass is 10.2. The third kappa shape index (κ3) is 4.44. The molecule has 0 aliphatic rings. The first-order chi connectivity index (χ1) is 7.03. The third-order valence-corrected chi connectivity index (χ3v) is 2.21. The standard InChI is InChI=1S/C9H13O5P/c1-3-12-14-15(10,11)13-9-6-4-5-8(2)7-9/h4-7H,3H2,1-2H3,(H,10,11). The van der Waals surface area contributed by atoms with Crippen molar-refractivity contribution in [1.29, 1.82) is 0 Å². The van der Waals surface area contributed by atoms with Crippen LogP contribution in [0.4, 0.5) is 0 Å². The Morgan fingerprint density at radius 2 is 2.20 bits per heavy atom. The van der Waals surface area contributed by atoms with Crippen molar-refractivity contribution in [3.63, 3.8) is 0 Å². The molecule has 15 heavy (non-hydrogen) atoms. The van der Waals surface area contributed by atoms with Crippen LogP contribution < -0.4 is 4.52 Å². The first-order valence-electron chi connectivity index (χ1n) is 4.44. The zero-order valence-corrected chi connectivity index (χ0v) is 9.44. The van der Waals surface area contributed by atoms with Crippen LogP contribution in [0, 0.1) is 6.92 Å². The van der Waals surface area contributed by atoms with Gasteiger partial charge in [0.05, 0.1) is 6.61 Å². The van der Waals surface area contributed by atoms with Gasteiger partial charge < -0.3 is 4.52 Å². The fourth-order valence-corrected chi connectivity index (χ4v) is 1.59. The highest BCUT2D eigenvalue weighted by molar-refractivity contribution is 7.47. The van der Waals surface area contributed by atoms with Gasteiger partial charge in [-0.3, -0.25) is 4.89 Å². The highest BCUT2D eigenvalue weighted by Gasteiger charge is 2.24. The van der Waals surface area contributed by atoms with E-state index in [4.69, 9.17) is 4.52 Å². The Kier molecular flexibility index (Phi) is 4.29. The predicted octanol–water partition coefficient (Wildman–Crippen LogP) is 2.44. The largest absolute Gasteiger partial charge is 0.555 e. The molecular formula is C9H13O5P. The van der Waals surface area contributed by atoms with Crippen LogP contribution in [0.3, 0.4) is 0 Å². The predicted molar refractivity (Wildman–Crippen MR) is 54.3 cm³/mol. The van der Waals surface area contributed by atoms with E-state index in [1.165, 1.54) is 0 Å². The second kappa shape index (κ2) is 5.28. The molecule has 84 valence electrons. The van der Waals surface area contributed by atoms with Gasteiger partial charge >= 0.3 is 7.82 Å². The highest BCUT2D eigenvalue weighted by Crippen LogP contribution is 2.43. The minimum absolute atomic E-state index is 0.168. The summed E-state index contributed by atoms with van der Waals surface area (Å²) in [5.74, 6) is 0.264. The Labute approximate surface area is 88.1 Å². The Morgan fingerprint density at radius 1 is 1.47 bits per heavy atom. The van der Waals surface area contributed by atoms with E-state index in [2.05, 4.69) is 9.56 Å². The van der Waals surface area contributed by atoms with Crippen molar-refractivity contribution in [3.05, 3.63) is 29.8 Å². The maximum atomic E-state index is 11.2. The maximum Gasteiger partial charge on any atom is 0.555 e. The van der Waals surface area contributed by atoms with Crippen molar-refractivity contribution in [2.24, 2.45) is 0 Å². The molecule has 1 N–H and O–H groups in total. The van der Waals surface area contributed by atoms with Crippen molar-refractivity contribution >= 4 is 7.82 Å². The number of hydrogen-bond donors (Lipinski definition) is 1. The molecule has 1 atom stereocenters. The molecule has 1 aromatic rings. The van der Waals surface area contributed by atoms with E-state index in [-0.39, 0.29) is 12.4 Å². The average molecular weight is 232 g/mol. The van der Waals surface area contributed by atoms with Crippen LogP contribution >= 0.6 is 7.82 Å². The topological polar surface area (TPSA) is 65.0 Å². The van der Waals surface area contributed by atoms with Gasteiger partial charge in [0.2, 0.25) is 0 Å². The number of aryl methyl sites for hydroxylation is 1. The fourth-order valence-electron chi connectivity index (χ4n) is 0.940. The van der Waals surface area contributed by atoms with Gasteiger partial charge in [-0.1, -0.05) is 12.1 Å². The molecule has 0 aliphatic heterocycles. The number of phosphoric ester groups is 1. The van der Waals surface area contributed by atoms with E-state index < -0.39 is 7.82 Å². The van der Waals surface area contributed by atoms with Crippen LogP contribution in [0.5, 0.6) is 5.75 Å². The molecule has 0 saturated heterocycles. The van der Waals surface area contributed by atoms with E-state index in [9.17, 15) is 9.46 Å². The summed E-state index contributed by atoms with van der Waals surface area (Å²) in [6.45, 7) is 3.65. The molecule has 0 amide bonds. The minimum atomic E-state index is -4.17. The molecule has 0 aliphatic carbocycles. The molecule has 6 heteroatoms. The van der Waals surface area contributed by atoms with Gasteiger partial charge in [-0.15, -0.1) is 4.67 Å². The molecule has 1 rings (SSSR count). The molecule has 0 radical (unpaired) electrons. The smallest absolute Gasteiger partial charge is 0.403 e. The lowest BCUT2D eigenvalue weighted by Gasteiger charge is -2.11. The van der Waals surface area contributed by atoms with Crippen LogP contribution in [-0.2, 0) is 14.1 Å². The molecule has 0 saturated carbocycles. The summed E-state index contributed by atoms with van der Waals surface area (Å²) in [5, 5.41) is 0. The van der Waals surface area contributed by atoms with Gasteiger partial charge in [-0.2, -0.15) is 0 Å². The van der Waals surface area contributed by atoms with E-state index in [0.717, 1.165) is 5.56 Å². The first kappa shape index (κ1) is 12.2. The number of benzene rings is 1. The zero-order chi connectivity index (χ0) is 11.3. The highest BCUT2D eigenvalue weighted by atomic mass is 31.2. The van der Waals surface area contributed by atoms with Crippen LogP contribution in [0.15, 0.2) is 24.3 Å². The summed E-state index contributed by atoms with van der Waals surface area (Å²) < 4.78 is 20.2. The van der Waals surface area contributed by atoms with Crippen LogP contribution in [0.2, 0.25) is 0 Å². The quantitative estimate of drug-likeness (QED) is 0.480. The maximum absolute atomic E-state index is 11.2. The van der Waals surface area contributed by atoms with Crippen molar-refractivity contribution < 1.29 is 23.5 Å². The van der Waals surface area contributed by atoms with Crippen molar-refractivity contribution in [2.75, 3.05) is 6.61 Å². The molecule has 0 aromatic heterocycles. The summed E-state index contributed by atoms with van der Waals surface area (Å²) in [4.78, 5) is 13.5. The number of hydrogen-bond acceptors (Lipinski definition) is 4. The van der Waals surface area contributed by atoms with Crippen LogP contribution in [0.25, 0.3) is 0 Å². The van der Waals surface area contributed by atoms with Crippen LogP contribution in [0.1, 0.15) is 12.5 Å². The Morgan fingerprint density at radius 3 is 2.80 bits per heavy atom. The minimum Gasteiger partial charge on any atom is -0.403 e.